The second-order valence-corrected chi connectivity index (χ2v) is 5.74. The third-order valence-corrected chi connectivity index (χ3v) is 4.24. The average molecular weight is 296 g/mol. The maximum absolute atomic E-state index is 2.30. The van der Waals surface area contributed by atoms with Crippen LogP contribution in [0.2, 0.25) is 0 Å². The molecule has 0 fully saturated rings. The fourth-order valence-electron chi connectivity index (χ4n) is 3.12. The van der Waals surface area contributed by atoms with Crippen molar-refractivity contribution in [2.45, 2.75) is 6.04 Å². The van der Waals surface area contributed by atoms with E-state index >= 15 is 0 Å². The minimum Gasteiger partial charge on any atom is -0.193 e. The van der Waals surface area contributed by atoms with Gasteiger partial charge in [-0.1, -0.05) is 78.9 Å². The van der Waals surface area contributed by atoms with E-state index in [4.69, 9.17) is 0 Å². The van der Waals surface area contributed by atoms with Crippen LogP contribution >= 0.6 is 0 Å². The molecule has 0 unspecified atom stereocenters. The number of pyridine rings is 1. The number of nitrogens with zero attached hydrogens (tertiary/aromatic N) is 1. The van der Waals surface area contributed by atoms with E-state index < -0.39 is 0 Å². The van der Waals surface area contributed by atoms with E-state index in [9.17, 15) is 0 Å². The first-order valence-electron chi connectivity index (χ1n) is 7.91. The molecule has 0 saturated heterocycles. The number of rotatable bonds is 3. The van der Waals surface area contributed by atoms with E-state index in [-0.39, 0.29) is 6.04 Å². The molecule has 1 heteroatoms. The lowest BCUT2D eigenvalue weighted by molar-refractivity contribution is -0.703. The van der Waals surface area contributed by atoms with Gasteiger partial charge in [-0.05, 0) is 11.5 Å². The zero-order chi connectivity index (χ0) is 15.5. The minimum absolute atomic E-state index is 0.182. The first-order valence-corrected chi connectivity index (χ1v) is 7.91. The summed E-state index contributed by atoms with van der Waals surface area (Å²) in [5, 5.41) is 2.52. The van der Waals surface area contributed by atoms with Gasteiger partial charge >= 0.3 is 0 Å². The van der Waals surface area contributed by atoms with Crippen LogP contribution in [0.15, 0.2) is 103 Å². The standard InChI is InChI=1S/C22H18N/c1-3-10-19(11-4-1)22(20-12-5-2-6-13-20)23-16-15-18-9-7-8-14-21(18)17-23/h1-17,22H/q+1. The third kappa shape index (κ3) is 2.74. The quantitative estimate of drug-likeness (QED) is 0.480. The minimum atomic E-state index is 0.182. The first-order chi connectivity index (χ1) is 11.4. The lowest BCUT2D eigenvalue weighted by Gasteiger charge is -2.14. The van der Waals surface area contributed by atoms with E-state index in [1.165, 1.54) is 21.9 Å². The largest absolute Gasteiger partial charge is 0.208 e. The zero-order valence-electron chi connectivity index (χ0n) is 12.8. The van der Waals surface area contributed by atoms with Crippen molar-refractivity contribution in [1.82, 2.24) is 0 Å². The molecule has 0 spiro atoms. The number of hydrogen-bond donors (Lipinski definition) is 0. The lowest BCUT2D eigenvalue weighted by Crippen LogP contribution is -2.40. The Bertz CT molecular complexity index is 874. The van der Waals surface area contributed by atoms with Crippen molar-refractivity contribution in [2.75, 3.05) is 0 Å². The van der Waals surface area contributed by atoms with Crippen LogP contribution in [0.5, 0.6) is 0 Å². The molecule has 0 radical (unpaired) electrons. The van der Waals surface area contributed by atoms with Crippen molar-refractivity contribution < 1.29 is 4.57 Å². The topological polar surface area (TPSA) is 3.88 Å². The molecule has 0 saturated carbocycles. The van der Waals surface area contributed by atoms with Crippen molar-refractivity contribution >= 4 is 10.8 Å². The van der Waals surface area contributed by atoms with Gasteiger partial charge in [0.25, 0.3) is 0 Å². The summed E-state index contributed by atoms with van der Waals surface area (Å²) in [6.07, 6.45) is 4.41. The molecule has 0 aliphatic carbocycles. The van der Waals surface area contributed by atoms with Crippen molar-refractivity contribution in [3.8, 4) is 0 Å². The third-order valence-electron chi connectivity index (χ3n) is 4.24. The number of hydrogen-bond acceptors (Lipinski definition) is 0. The molecular weight excluding hydrogens is 278 g/mol. The van der Waals surface area contributed by atoms with Crippen LogP contribution in [0.1, 0.15) is 17.2 Å². The van der Waals surface area contributed by atoms with Gasteiger partial charge < -0.3 is 0 Å². The molecule has 1 heterocycles. The maximum Gasteiger partial charge on any atom is 0.208 e. The maximum atomic E-state index is 2.30. The number of fused-ring (bicyclic) bond motifs is 1. The summed E-state index contributed by atoms with van der Waals surface area (Å²) in [7, 11) is 0. The van der Waals surface area contributed by atoms with Crippen LogP contribution in [0.3, 0.4) is 0 Å². The predicted molar refractivity (Wildman–Crippen MR) is 94.3 cm³/mol. The van der Waals surface area contributed by atoms with Gasteiger partial charge in [-0.25, -0.2) is 0 Å². The summed E-state index contributed by atoms with van der Waals surface area (Å²) < 4.78 is 2.30. The highest BCUT2D eigenvalue weighted by Crippen LogP contribution is 2.22. The van der Waals surface area contributed by atoms with E-state index in [2.05, 4.69) is 108 Å². The molecule has 0 aliphatic rings. The molecule has 4 aromatic rings. The Labute approximate surface area is 136 Å². The predicted octanol–water partition coefficient (Wildman–Crippen LogP) is 4.77. The summed E-state index contributed by atoms with van der Waals surface area (Å²) in [5.41, 5.74) is 2.58. The van der Waals surface area contributed by atoms with Gasteiger partial charge in [0.2, 0.25) is 6.04 Å². The van der Waals surface area contributed by atoms with Crippen LogP contribution in [-0.2, 0) is 0 Å². The summed E-state index contributed by atoms with van der Waals surface area (Å²) in [6.45, 7) is 0. The second-order valence-electron chi connectivity index (χ2n) is 5.74. The molecule has 23 heavy (non-hydrogen) atoms. The van der Waals surface area contributed by atoms with Crippen LogP contribution < -0.4 is 4.57 Å². The van der Waals surface area contributed by atoms with Crippen molar-refractivity contribution in [2.24, 2.45) is 0 Å². The van der Waals surface area contributed by atoms with Gasteiger partial charge in [-0.3, -0.25) is 0 Å². The second kappa shape index (κ2) is 6.05. The monoisotopic (exact) mass is 296 g/mol. The van der Waals surface area contributed by atoms with Crippen molar-refractivity contribution in [3.63, 3.8) is 0 Å². The Balaban J connectivity index is 1.90. The van der Waals surface area contributed by atoms with Crippen LogP contribution in [0, 0.1) is 0 Å². The molecular formula is C22H18N+. The highest BCUT2D eigenvalue weighted by Gasteiger charge is 2.23. The number of benzene rings is 3. The molecule has 0 atom stereocenters. The average Bonchev–Trinajstić information content (AvgIpc) is 2.64. The molecule has 110 valence electrons. The van der Waals surface area contributed by atoms with Gasteiger partial charge in [0.1, 0.15) is 0 Å². The summed E-state index contributed by atoms with van der Waals surface area (Å²) in [6, 6.07) is 32.2. The molecule has 0 aliphatic heterocycles. The van der Waals surface area contributed by atoms with E-state index in [1.807, 2.05) is 0 Å². The summed E-state index contributed by atoms with van der Waals surface area (Å²) in [5.74, 6) is 0. The molecule has 0 bridgehead atoms. The van der Waals surface area contributed by atoms with Crippen molar-refractivity contribution in [1.29, 1.82) is 0 Å². The Morgan fingerprint density at radius 2 is 1.04 bits per heavy atom. The Morgan fingerprint density at radius 3 is 1.65 bits per heavy atom. The van der Waals surface area contributed by atoms with Gasteiger partial charge in [0.15, 0.2) is 12.4 Å². The van der Waals surface area contributed by atoms with E-state index in [0.29, 0.717) is 0 Å². The number of aromatic nitrogens is 1. The van der Waals surface area contributed by atoms with Crippen LogP contribution in [-0.4, -0.2) is 0 Å². The van der Waals surface area contributed by atoms with Crippen LogP contribution in [0.4, 0.5) is 0 Å². The molecule has 1 nitrogen and oxygen atoms in total. The van der Waals surface area contributed by atoms with Gasteiger partial charge in [-0.15, -0.1) is 0 Å². The summed E-state index contributed by atoms with van der Waals surface area (Å²) in [4.78, 5) is 0. The van der Waals surface area contributed by atoms with Crippen LogP contribution in [0.25, 0.3) is 10.8 Å². The fraction of sp³-hybridized carbons (Fsp3) is 0.0455. The van der Waals surface area contributed by atoms with E-state index in [1.54, 1.807) is 0 Å². The Hall–Kier alpha value is -2.93. The Morgan fingerprint density at radius 1 is 0.522 bits per heavy atom. The molecule has 0 N–H and O–H groups in total. The van der Waals surface area contributed by atoms with E-state index in [0.717, 1.165) is 0 Å². The highest BCUT2D eigenvalue weighted by atomic mass is 15.0. The smallest absolute Gasteiger partial charge is 0.193 e. The SMILES string of the molecule is c1ccc(C(c2ccccc2)[n+]2ccc3ccccc3c2)cc1. The lowest BCUT2D eigenvalue weighted by atomic mass is 9.98. The van der Waals surface area contributed by atoms with Gasteiger partial charge in [0, 0.05) is 22.6 Å². The highest BCUT2D eigenvalue weighted by molar-refractivity contribution is 5.80. The molecule has 4 rings (SSSR count). The molecule has 0 amide bonds. The Kier molecular flexibility index (Phi) is 3.61. The summed E-state index contributed by atoms with van der Waals surface area (Å²) >= 11 is 0. The molecule has 1 aromatic heterocycles. The zero-order valence-corrected chi connectivity index (χ0v) is 12.8. The normalized spacial score (nSPS) is 11.0. The van der Waals surface area contributed by atoms with Gasteiger partial charge in [-0.2, -0.15) is 4.57 Å². The van der Waals surface area contributed by atoms with Gasteiger partial charge in [0.05, 0.1) is 0 Å². The molecule has 3 aromatic carbocycles. The fourth-order valence-corrected chi connectivity index (χ4v) is 3.12. The first kappa shape index (κ1) is 13.7. The van der Waals surface area contributed by atoms with Crippen molar-refractivity contribution in [3.05, 3.63) is 115 Å².